The van der Waals surface area contributed by atoms with Crippen molar-refractivity contribution in [2.75, 3.05) is 6.61 Å². The highest BCUT2D eigenvalue weighted by molar-refractivity contribution is 6.78. The number of hydrogen-bond donors (Lipinski definition) is 0. The van der Waals surface area contributed by atoms with Gasteiger partial charge in [0.2, 0.25) is 8.32 Å². The van der Waals surface area contributed by atoms with Crippen LogP contribution in [0.2, 0.25) is 33.2 Å². The van der Waals surface area contributed by atoms with Crippen LogP contribution in [0.5, 0.6) is 0 Å². The molecule has 1 rings (SSSR count). The molecule has 0 aromatic carbocycles. The van der Waals surface area contributed by atoms with Gasteiger partial charge in [0, 0.05) is 6.92 Å². The summed E-state index contributed by atoms with van der Waals surface area (Å²) in [4.78, 5) is 11.7. The first kappa shape index (κ1) is 32.0. The molecule has 1 saturated heterocycles. The molecule has 4 atom stereocenters. The average molecular weight is 541 g/mol. The molecule has 0 spiro atoms. The third-order valence-corrected chi connectivity index (χ3v) is 20.4. The van der Waals surface area contributed by atoms with Crippen molar-refractivity contribution in [3.63, 3.8) is 0 Å². The Balaban J connectivity index is 3.47. The molecule has 0 radical (unpaired) electrons. The SMILES string of the molecule is CC(=O)OC1OC(CO[Si](C(C)C)(C(C)C)C(C)C)C(O[Si](C(C)C)(C(C)C)C(C)C)C1(F)Cl. The zero-order valence-corrected chi connectivity index (χ0v) is 26.5. The minimum atomic E-state index is -2.52. The summed E-state index contributed by atoms with van der Waals surface area (Å²) in [5.74, 6) is -0.650. The van der Waals surface area contributed by atoms with Crippen molar-refractivity contribution in [3.05, 3.63) is 0 Å². The van der Waals surface area contributed by atoms with Crippen LogP contribution in [0.4, 0.5) is 4.39 Å². The van der Waals surface area contributed by atoms with Gasteiger partial charge in [0.1, 0.15) is 12.2 Å². The average Bonchev–Trinajstić information content (AvgIpc) is 2.87. The molecule has 0 saturated carbocycles. The predicted octanol–water partition coefficient (Wildman–Crippen LogP) is 7.93. The van der Waals surface area contributed by atoms with Crippen molar-refractivity contribution < 1.29 is 27.5 Å². The zero-order valence-electron chi connectivity index (χ0n) is 23.7. The Bertz CT molecular complexity index is 626. The zero-order chi connectivity index (χ0) is 26.8. The number of hydrogen-bond acceptors (Lipinski definition) is 5. The number of esters is 1. The Morgan fingerprint density at radius 1 is 0.853 bits per heavy atom. The van der Waals surface area contributed by atoms with E-state index in [1.54, 1.807) is 0 Å². The van der Waals surface area contributed by atoms with Gasteiger partial charge in [0.05, 0.1) is 6.61 Å². The number of halogens is 2. The Kier molecular flexibility index (Phi) is 11.3. The van der Waals surface area contributed by atoms with Crippen LogP contribution in [0.1, 0.15) is 90.0 Å². The minimum absolute atomic E-state index is 0.153. The Morgan fingerprint density at radius 2 is 1.24 bits per heavy atom. The molecule has 9 heteroatoms. The van der Waals surface area contributed by atoms with Crippen LogP contribution in [0.25, 0.3) is 0 Å². The van der Waals surface area contributed by atoms with Crippen molar-refractivity contribution in [2.45, 2.75) is 147 Å². The van der Waals surface area contributed by atoms with Gasteiger partial charge in [-0.15, -0.1) is 0 Å². The molecule has 1 aliphatic heterocycles. The van der Waals surface area contributed by atoms with Crippen molar-refractivity contribution in [2.24, 2.45) is 0 Å². The molecule has 0 bridgehead atoms. The van der Waals surface area contributed by atoms with Crippen LogP contribution in [-0.4, -0.2) is 52.8 Å². The summed E-state index contributed by atoms with van der Waals surface area (Å²) in [6.07, 6.45) is -3.43. The highest BCUT2D eigenvalue weighted by Gasteiger charge is 2.63. The molecule has 1 fully saturated rings. The largest absolute Gasteiger partial charge is 0.431 e. The second kappa shape index (κ2) is 12.0. The van der Waals surface area contributed by atoms with Crippen LogP contribution in [-0.2, 0) is 23.1 Å². The van der Waals surface area contributed by atoms with E-state index >= 15 is 4.39 Å². The lowest BCUT2D eigenvalue weighted by Gasteiger charge is -2.46. The number of carbonyl (C=O) groups is 1. The Labute approximate surface area is 215 Å². The third kappa shape index (κ3) is 6.10. The maximum Gasteiger partial charge on any atom is 0.305 e. The molecule has 202 valence electrons. The van der Waals surface area contributed by atoms with Gasteiger partial charge in [-0.25, -0.2) is 4.39 Å². The van der Waals surface area contributed by atoms with E-state index in [4.69, 9.17) is 29.9 Å². The minimum Gasteiger partial charge on any atom is -0.431 e. The normalized spacial score (nSPS) is 26.7. The lowest BCUT2D eigenvalue weighted by molar-refractivity contribution is -0.185. The number of alkyl halides is 2. The van der Waals surface area contributed by atoms with Crippen molar-refractivity contribution >= 4 is 34.2 Å². The van der Waals surface area contributed by atoms with Crippen LogP contribution < -0.4 is 0 Å². The summed E-state index contributed by atoms with van der Waals surface area (Å²) in [7, 11) is -4.77. The number of ether oxygens (including phenoxy) is 2. The van der Waals surface area contributed by atoms with Gasteiger partial charge >= 0.3 is 5.97 Å². The van der Waals surface area contributed by atoms with Crippen molar-refractivity contribution in [1.29, 1.82) is 0 Å². The van der Waals surface area contributed by atoms with E-state index in [9.17, 15) is 4.79 Å². The predicted molar refractivity (Wildman–Crippen MR) is 143 cm³/mol. The van der Waals surface area contributed by atoms with Gasteiger partial charge in [0.15, 0.2) is 8.32 Å². The molecule has 0 aliphatic carbocycles. The smallest absolute Gasteiger partial charge is 0.305 e. The number of rotatable bonds is 12. The van der Waals surface area contributed by atoms with E-state index in [1.165, 1.54) is 6.92 Å². The molecule has 5 nitrogen and oxygen atoms in total. The molecule has 4 unspecified atom stereocenters. The summed E-state index contributed by atoms with van der Waals surface area (Å²) >= 11 is 6.48. The second-order valence-electron chi connectivity index (χ2n) is 11.8. The fraction of sp³-hybridized carbons (Fsp3) is 0.960. The summed E-state index contributed by atoms with van der Waals surface area (Å²) < 4.78 is 40.9. The van der Waals surface area contributed by atoms with E-state index in [0.29, 0.717) is 16.6 Å². The summed E-state index contributed by atoms with van der Waals surface area (Å²) in [5.41, 5.74) is 1.76. The first-order valence-electron chi connectivity index (χ1n) is 12.9. The lowest BCUT2D eigenvalue weighted by Crippen LogP contribution is -2.57. The first-order chi connectivity index (χ1) is 15.4. The molecular formula is C25H50ClFO5Si2. The molecular weight excluding hydrogens is 491 g/mol. The molecule has 0 N–H and O–H groups in total. The van der Waals surface area contributed by atoms with Gasteiger partial charge in [-0.1, -0.05) is 94.7 Å². The van der Waals surface area contributed by atoms with Gasteiger partial charge in [-0.2, -0.15) is 0 Å². The van der Waals surface area contributed by atoms with Gasteiger partial charge in [-0.3, -0.25) is 4.79 Å². The van der Waals surface area contributed by atoms with Crippen LogP contribution in [0.15, 0.2) is 0 Å². The Hall–Kier alpha value is 0.00377. The van der Waals surface area contributed by atoms with E-state index in [0.717, 1.165) is 0 Å². The van der Waals surface area contributed by atoms with Gasteiger partial charge < -0.3 is 18.3 Å². The van der Waals surface area contributed by atoms with Crippen molar-refractivity contribution in [3.8, 4) is 0 Å². The maximum absolute atomic E-state index is 16.2. The molecule has 1 aliphatic rings. The topological polar surface area (TPSA) is 54.0 Å². The van der Waals surface area contributed by atoms with E-state index in [-0.39, 0.29) is 23.2 Å². The quantitative estimate of drug-likeness (QED) is 0.143. The van der Waals surface area contributed by atoms with Crippen molar-refractivity contribution in [1.82, 2.24) is 0 Å². The number of carbonyl (C=O) groups excluding carboxylic acids is 1. The summed E-state index contributed by atoms with van der Waals surface area (Å²) in [5, 5.41) is -2.51. The highest BCUT2D eigenvalue weighted by Crippen LogP contribution is 2.50. The molecule has 0 aromatic heterocycles. The third-order valence-electron chi connectivity index (χ3n) is 7.85. The maximum atomic E-state index is 16.2. The van der Waals surface area contributed by atoms with Crippen LogP contribution >= 0.6 is 11.6 Å². The standard InChI is InChI=1S/C25H50ClFO5Si2/c1-15(2)33(16(3)4,17(5)6)29-14-22-23(25(26,27)24(31-22)30-21(13)28)32-34(18(7)8,19(9)10)20(11)12/h15-20,22-24H,14H2,1-13H3. The van der Waals surface area contributed by atoms with Crippen LogP contribution in [0.3, 0.4) is 0 Å². The summed E-state index contributed by atoms with van der Waals surface area (Å²) in [6.45, 7) is 27.4. The molecule has 0 aromatic rings. The first-order valence-corrected chi connectivity index (χ1v) is 17.6. The van der Waals surface area contributed by atoms with Crippen LogP contribution in [0, 0.1) is 0 Å². The fourth-order valence-corrected chi connectivity index (χ4v) is 18.0. The van der Waals surface area contributed by atoms with E-state index in [1.807, 2.05) is 0 Å². The monoisotopic (exact) mass is 540 g/mol. The molecule has 34 heavy (non-hydrogen) atoms. The Morgan fingerprint density at radius 3 is 1.56 bits per heavy atom. The molecule has 1 heterocycles. The second-order valence-corrected chi connectivity index (χ2v) is 23.2. The van der Waals surface area contributed by atoms with E-state index in [2.05, 4.69) is 83.1 Å². The fourth-order valence-electron chi connectivity index (χ4n) is 6.60. The van der Waals surface area contributed by atoms with E-state index < -0.39 is 46.2 Å². The summed E-state index contributed by atoms with van der Waals surface area (Å²) in [6, 6.07) is 0. The lowest BCUT2D eigenvalue weighted by atomic mass is 10.1. The van der Waals surface area contributed by atoms with Gasteiger partial charge in [-0.05, 0) is 33.2 Å². The highest BCUT2D eigenvalue weighted by atomic mass is 35.5. The molecule has 0 amide bonds. The van der Waals surface area contributed by atoms with Gasteiger partial charge in [0.25, 0.3) is 11.4 Å².